The molecule has 4 nitrogen and oxygen atoms in total. The molecule has 0 radical (unpaired) electrons. The summed E-state index contributed by atoms with van der Waals surface area (Å²) in [6.45, 7) is 0.400. The third-order valence-corrected chi connectivity index (χ3v) is 3.74. The molecule has 0 aliphatic rings. The van der Waals surface area contributed by atoms with Crippen LogP contribution in [0.25, 0.3) is 5.69 Å². The van der Waals surface area contributed by atoms with Gasteiger partial charge in [0.15, 0.2) is 0 Å². The lowest BCUT2D eigenvalue weighted by Crippen LogP contribution is -2.24. The maximum absolute atomic E-state index is 12.5. The van der Waals surface area contributed by atoms with Crippen LogP contribution < -0.4 is 5.32 Å². The van der Waals surface area contributed by atoms with Crippen molar-refractivity contribution in [2.24, 2.45) is 0 Å². The summed E-state index contributed by atoms with van der Waals surface area (Å²) < 4.78 is 2.79. The molecule has 3 rings (SSSR count). The first-order valence-electron chi connectivity index (χ1n) is 6.85. The normalized spacial score (nSPS) is 10.4. The van der Waals surface area contributed by atoms with Crippen LogP contribution in [-0.4, -0.2) is 15.5 Å². The number of rotatable bonds is 4. The van der Waals surface area contributed by atoms with Crippen LogP contribution in [0.5, 0.6) is 0 Å². The van der Waals surface area contributed by atoms with E-state index < -0.39 is 0 Å². The highest BCUT2D eigenvalue weighted by atomic mass is 79.9. The van der Waals surface area contributed by atoms with E-state index in [1.54, 1.807) is 6.20 Å². The van der Waals surface area contributed by atoms with Crippen LogP contribution in [0, 0.1) is 0 Å². The van der Waals surface area contributed by atoms with E-state index in [4.69, 9.17) is 0 Å². The predicted molar refractivity (Wildman–Crippen MR) is 88.9 cm³/mol. The molecular weight excluding hydrogens is 342 g/mol. The predicted octanol–water partition coefficient (Wildman–Crippen LogP) is 3.56. The average molecular weight is 356 g/mol. The molecule has 3 aromatic rings. The number of hydrogen-bond donors (Lipinski definition) is 1. The number of carbonyl (C=O) groups is 1. The molecule has 22 heavy (non-hydrogen) atoms. The highest BCUT2D eigenvalue weighted by Gasteiger charge is 2.13. The van der Waals surface area contributed by atoms with E-state index in [0.29, 0.717) is 12.1 Å². The summed E-state index contributed by atoms with van der Waals surface area (Å²) in [6.07, 6.45) is 5.55. The fourth-order valence-electron chi connectivity index (χ4n) is 2.18. The molecule has 0 spiro atoms. The van der Waals surface area contributed by atoms with E-state index >= 15 is 0 Å². The molecule has 0 aliphatic heterocycles. The van der Waals surface area contributed by atoms with Crippen molar-refractivity contribution < 1.29 is 4.79 Å². The zero-order valence-corrected chi connectivity index (χ0v) is 13.3. The van der Waals surface area contributed by atoms with E-state index in [1.165, 1.54) is 0 Å². The van der Waals surface area contributed by atoms with Crippen molar-refractivity contribution in [1.82, 2.24) is 14.9 Å². The molecule has 0 bridgehead atoms. The van der Waals surface area contributed by atoms with Gasteiger partial charge in [-0.05, 0) is 42.5 Å². The molecule has 1 amide bonds. The number of carbonyl (C=O) groups excluding carboxylic acids is 1. The highest BCUT2D eigenvalue weighted by Crippen LogP contribution is 2.20. The number of benzene rings is 1. The lowest BCUT2D eigenvalue weighted by molar-refractivity contribution is 0.0950. The third-order valence-electron chi connectivity index (χ3n) is 3.24. The summed E-state index contributed by atoms with van der Waals surface area (Å²) in [5.74, 6) is -0.129. The van der Waals surface area contributed by atoms with Gasteiger partial charge in [-0.2, -0.15) is 0 Å². The van der Waals surface area contributed by atoms with E-state index in [9.17, 15) is 4.79 Å². The van der Waals surface area contributed by atoms with Crippen LogP contribution in [0.4, 0.5) is 0 Å². The van der Waals surface area contributed by atoms with Crippen molar-refractivity contribution in [1.29, 1.82) is 0 Å². The number of pyridine rings is 1. The smallest absolute Gasteiger partial charge is 0.253 e. The van der Waals surface area contributed by atoms with Crippen LogP contribution in [0.1, 0.15) is 16.1 Å². The van der Waals surface area contributed by atoms with E-state index in [0.717, 1.165) is 15.9 Å². The van der Waals surface area contributed by atoms with E-state index in [1.807, 2.05) is 65.5 Å². The van der Waals surface area contributed by atoms with Crippen molar-refractivity contribution in [2.75, 3.05) is 0 Å². The largest absolute Gasteiger partial charge is 0.346 e. The molecule has 0 fully saturated rings. The molecule has 2 heterocycles. The lowest BCUT2D eigenvalue weighted by atomic mass is 10.1. The summed E-state index contributed by atoms with van der Waals surface area (Å²) in [5, 5.41) is 2.91. The monoisotopic (exact) mass is 355 g/mol. The second kappa shape index (κ2) is 6.58. The van der Waals surface area contributed by atoms with Gasteiger partial charge in [-0.15, -0.1) is 0 Å². The lowest BCUT2D eigenvalue weighted by Gasteiger charge is -2.11. The van der Waals surface area contributed by atoms with Crippen molar-refractivity contribution >= 4 is 21.8 Å². The molecule has 2 aromatic heterocycles. The second-order valence-electron chi connectivity index (χ2n) is 4.76. The first-order chi connectivity index (χ1) is 10.7. The van der Waals surface area contributed by atoms with Crippen LogP contribution in [-0.2, 0) is 6.54 Å². The zero-order valence-electron chi connectivity index (χ0n) is 11.7. The van der Waals surface area contributed by atoms with Gasteiger partial charge in [-0.3, -0.25) is 9.78 Å². The molecule has 0 saturated carbocycles. The number of nitrogens with one attached hydrogen (secondary N) is 1. The minimum Gasteiger partial charge on any atom is -0.346 e. The molecular formula is C17H14BrN3O. The molecule has 0 saturated heterocycles. The average Bonchev–Trinajstić information content (AvgIpc) is 3.08. The topological polar surface area (TPSA) is 46.9 Å². The quantitative estimate of drug-likeness (QED) is 0.777. The van der Waals surface area contributed by atoms with Crippen molar-refractivity contribution in [2.45, 2.75) is 6.54 Å². The standard InChI is InChI=1S/C17H14BrN3O/c18-13-6-7-16(21-9-3-4-10-21)15(11-13)17(22)20-12-14-5-1-2-8-19-14/h1-11H,12H2,(H,20,22). The third kappa shape index (κ3) is 3.26. The van der Waals surface area contributed by atoms with Gasteiger partial charge in [0.05, 0.1) is 23.5 Å². The first-order valence-corrected chi connectivity index (χ1v) is 7.64. The van der Waals surface area contributed by atoms with Gasteiger partial charge in [-0.25, -0.2) is 0 Å². The Morgan fingerprint density at radius 1 is 1.14 bits per heavy atom. The van der Waals surface area contributed by atoms with Crippen molar-refractivity contribution in [3.8, 4) is 5.69 Å². The molecule has 0 unspecified atom stereocenters. The van der Waals surface area contributed by atoms with E-state index in [2.05, 4.69) is 26.2 Å². The van der Waals surface area contributed by atoms with Crippen molar-refractivity contribution in [3.63, 3.8) is 0 Å². The van der Waals surface area contributed by atoms with Crippen LogP contribution in [0.2, 0.25) is 0 Å². The Balaban J connectivity index is 1.84. The minimum atomic E-state index is -0.129. The Bertz CT molecular complexity index is 770. The number of hydrogen-bond acceptors (Lipinski definition) is 2. The Kier molecular flexibility index (Phi) is 4.34. The second-order valence-corrected chi connectivity index (χ2v) is 5.67. The Morgan fingerprint density at radius 2 is 1.95 bits per heavy atom. The molecule has 0 atom stereocenters. The van der Waals surface area contributed by atoms with Gasteiger partial charge in [0, 0.05) is 23.1 Å². The molecule has 110 valence electrons. The molecule has 1 N–H and O–H groups in total. The van der Waals surface area contributed by atoms with Gasteiger partial charge < -0.3 is 9.88 Å². The van der Waals surface area contributed by atoms with Gasteiger partial charge >= 0.3 is 0 Å². The molecule has 0 aliphatic carbocycles. The zero-order chi connectivity index (χ0) is 15.4. The van der Waals surface area contributed by atoms with Gasteiger partial charge in [-0.1, -0.05) is 22.0 Å². The summed E-state index contributed by atoms with van der Waals surface area (Å²) >= 11 is 3.42. The maximum atomic E-state index is 12.5. The van der Waals surface area contributed by atoms with Crippen LogP contribution in [0.15, 0.2) is 71.6 Å². The molecule has 5 heteroatoms. The number of aromatic nitrogens is 2. The van der Waals surface area contributed by atoms with Gasteiger partial charge in [0.2, 0.25) is 0 Å². The first kappa shape index (κ1) is 14.5. The number of halogens is 1. The summed E-state index contributed by atoms with van der Waals surface area (Å²) in [6, 6.07) is 15.2. The summed E-state index contributed by atoms with van der Waals surface area (Å²) in [5.41, 5.74) is 2.28. The van der Waals surface area contributed by atoms with E-state index in [-0.39, 0.29) is 5.91 Å². The fraction of sp³-hybridized carbons (Fsp3) is 0.0588. The number of amides is 1. The maximum Gasteiger partial charge on any atom is 0.253 e. The minimum absolute atomic E-state index is 0.129. The van der Waals surface area contributed by atoms with Gasteiger partial charge in [0.1, 0.15) is 0 Å². The Labute approximate surface area is 136 Å². The fourth-order valence-corrected chi connectivity index (χ4v) is 2.54. The summed E-state index contributed by atoms with van der Waals surface area (Å²) in [7, 11) is 0. The Morgan fingerprint density at radius 3 is 2.68 bits per heavy atom. The molecule has 1 aromatic carbocycles. The highest BCUT2D eigenvalue weighted by molar-refractivity contribution is 9.10. The Hall–Kier alpha value is -2.40. The van der Waals surface area contributed by atoms with Crippen molar-refractivity contribution in [3.05, 3.63) is 82.9 Å². The van der Waals surface area contributed by atoms with Crippen LogP contribution >= 0.6 is 15.9 Å². The number of nitrogens with zero attached hydrogens (tertiary/aromatic N) is 2. The van der Waals surface area contributed by atoms with Crippen LogP contribution in [0.3, 0.4) is 0 Å². The van der Waals surface area contributed by atoms with Gasteiger partial charge in [0.25, 0.3) is 5.91 Å². The summed E-state index contributed by atoms with van der Waals surface area (Å²) in [4.78, 5) is 16.7. The SMILES string of the molecule is O=C(NCc1ccccn1)c1cc(Br)ccc1-n1cccc1.